The Balaban J connectivity index is 1.62. The van der Waals surface area contributed by atoms with E-state index in [1.54, 1.807) is 26.7 Å². The molecule has 0 atom stereocenters. The van der Waals surface area contributed by atoms with Gasteiger partial charge in [0.1, 0.15) is 11.4 Å². The van der Waals surface area contributed by atoms with Gasteiger partial charge in [-0.2, -0.15) is 0 Å². The van der Waals surface area contributed by atoms with Gasteiger partial charge >= 0.3 is 0 Å². The average Bonchev–Trinajstić information content (AvgIpc) is 3.26. The van der Waals surface area contributed by atoms with Gasteiger partial charge in [0.15, 0.2) is 11.5 Å². The number of nitrogens with one attached hydrogen (secondary N) is 1. The molecule has 1 heterocycles. The number of nitrogens with zero attached hydrogens (tertiary/aromatic N) is 1. The molecule has 6 nitrogen and oxygen atoms in total. The third-order valence-electron chi connectivity index (χ3n) is 5.15. The summed E-state index contributed by atoms with van der Waals surface area (Å²) in [6, 6.07) is 13.7. The summed E-state index contributed by atoms with van der Waals surface area (Å²) in [6.45, 7) is 4.61. The predicted octanol–water partition coefficient (Wildman–Crippen LogP) is 4.47. The molecule has 0 aliphatic rings. The Hall–Kier alpha value is -3.06. The molecule has 0 saturated carbocycles. The second kappa shape index (κ2) is 9.83. The van der Waals surface area contributed by atoms with Gasteiger partial charge < -0.3 is 19.5 Å². The molecule has 31 heavy (non-hydrogen) atoms. The molecule has 0 unspecified atom stereocenters. The van der Waals surface area contributed by atoms with E-state index in [0.717, 1.165) is 21.9 Å². The second-order valence-electron chi connectivity index (χ2n) is 7.79. The summed E-state index contributed by atoms with van der Waals surface area (Å²) in [5.74, 6) is 1.99. The number of carbonyl (C=O) groups is 1. The van der Waals surface area contributed by atoms with Crippen molar-refractivity contribution in [2.24, 2.45) is 0 Å². The van der Waals surface area contributed by atoms with Gasteiger partial charge in [0.05, 0.1) is 26.3 Å². The topological polar surface area (TPSA) is 69.7 Å². The van der Waals surface area contributed by atoms with Crippen LogP contribution >= 0.6 is 11.3 Å². The van der Waals surface area contributed by atoms with Crippen LogP contribution in [-0.2, 0) is 11.8 Å². The highest BCUT2D eigenvalue weighted by Gasteiger charge is 2.24. The predicted molar refractivity (Wildman–Crippen MR) is 123 cm³/mol. The number of methoxy groups -OCH3 is 3. The molecule has 0 bridgehead atoms. The molecule has 3 rings (SSSR count). The summed E-state index contributed by atoms with van der Waals surface area (Å²) in [5.41, 5.74) is 2.31. The molecule has 0 radical (unpaired) electrons. The minimum atomic E-state index is -0.294. The molecule has 1 aromatic heterocycles. The molecule has 2 aromatic carbocycles. The maximum absolute atomic E-state index is 12.7. The van der Waals surface area contributed by atoms with Crippen LogP contribution in [0.4, 0.5) is 0 Å². The van der Waals surface area contributed by atoms with E-state index in [1.165, 1.54) is 11.3 Å². The summed E-state index contributed by atoms with van der Waals surface area (Å²) in [5, 5.41) is 5.71. The van der Waals surface area contributed by atoms with E-state index >= 15 is 0 Å². The van der Waals surface area contributed by atoms with Crippen LogP contribution in [0.5, 0.6) is 17.2 Å². The summed E-state index contributed by atoms with van der Waals surface area (Å²) in [4.78, 5) is 17.2. The molecule has 0 aliphatic carbocycles. The third-order valence-corrected chi connectivity index (χ3v) is 6.00. The number of aromatic nitrogens is 1. The Kier molecular flexibility index (Phi) is 7.17. The van der Waals surface area contributed by atoms with Gasteiger partial charge in [-0.3, -0.25) is 4.79 Å². The van der Waals surface area contributed by atoms with Crippen LogP contribution in [0.25, 0.3) is 0 Å². The first-order valence-electron chi connectivity index (χ1n) is 9.94. The number of thiazole rings is 1. The van der Waals surface area contributed by atoms with Crippen LogP contribution in [0.15, 0.2) is 47.8 Å². The molecule has 1 amide bonds. The van der Waals surface area contributed by atoms with Crippen LogP contribution in [-0.4, -0.2) is 38.8 Å². The standard InChI is InChI=1S/C24H28N2O4S/c1-24(2,17-8-11-20(29-4)21(13-17)30-5)15-25-23(27)19-14-31-22(26-19)12-16-6-9-18(28-3)10-7-16/h6-11,13-14H,12,15H2,1-5H3,(H,25,27). The summed E-state index contributed by atoms with van der Waals surface area (Å²) in [7, 11) is 4.87. The lowest BCUT2D eigenvalue weighted by atomic mass is 9.84. The van der Waals surface area contributed by atoms with Crippen molar-refractivity contribution in [1.29, 1.82) is 0 Å². The maximum Gasteiger partial charge on any atom is 0.270 e. The largest absolute Gasteiger partial charge is 0.497 e. The minimum Gasteiger partial charge on any atom is -0.497 e. The van der Waals surface area contributed by atoms with Crippen molar-refractivity contribution >= 4 is 17.2 Å². The molecule has 3 aromatic rings. The molecule has 0 aliphatic heterocycles. The number of amides is 1. The molecule has 0 saturated heterocycles. The van der Waals surface area contributed by atoms with Crippen LogP contribution in [0.3, 0.4) is 0 Å². The number of carbonyl (C=O) groups excluding carboxylic acids is 1. The first kappa shape index (κ1) is 22.6. The first-order chi connectivity index (χ1) is 14.9. The van der Waals surface area contributed by atoms with Crippen LogP contribution in [0, 0.1) is 0 Å². The second-order valence-corrected chi connectivity index (χ2v) is 8.73. The third kappa shape index (κ3) is 5.55. The van der Waals surface area contributed by atoms with E-state index in [9.17, 15) is 4.79 Å². The Morgan fingerprint density at radius 3 is 2.35 bits per heavy atom. The van der Waals surface area contributed by atoms with Crippen molar-refractivity contribution in [2.45, 2.75) is 25.7 Å². The van der Waals surface area contributed by atoms with Crippen molar-refractivity contribution in [1.82, 2.24) is 10.3 Å². The van der Waals surface area contributed by atoms with Gasteiger partial charge in [0, 0.05) is 23.8 Å². The zero-order valence-corrected chi connectivity index (χ0v) is 19.3. The van der Waals surface area contributed by atoms with Gasteiger partial charge in [0.2, 0.25) is 0 Å². The van der Waals surface area contributed by atoms with Gasteiger partial charge in [0.25, 0.3) is 5.91 Å². The van der Waals surface area contributed by atoms with Crippen molar-refractivity contribution in [2.75, 3.05) is 27.9 Å². The number of hydrogen-bond acceptors (Lipinski definition) is 6. The maximum atomic E-state index is 12.7. The lowest BCUT2D eigenvalue weighted by Gasteiger charge is -2.26. The molecule has 164 valence electrons. The fourth-order valence-electron chi connectivity index (χ4n) is 3.17. The fourth-order valence-corrected chi connectivity index (χ4v) is 3.97. The molecule has 0 fully saturated rings. The Bertz CT molecular complexity index is 1030. The van der Waals surface area contributed by atoms with E-state index in [0.29, 0.717) is 30.2 Å². The first-order valence-corrected chi connectivity index (χ1v) is 10.8. The van der Waals surface area contributed by atoms with E-state index < -0.39 is 0 Å². The zero-order chi connectivity index (χ0) is 22.4. The molecular weight excluding hydrogens is 412 g/mol. The Morgan fingerprint density at radius 2 is 1.71 bits per heavy atom. The van der Waals surface area contributed by atoms with Gasteiger partial charge in [-0.25, -0.2) is 4.98 Å². The fraction of sp³-hybridized carbons (Fsp3) is 0.333. The smallest absolute Gasteiger partial charge is 0.270 e. The molecule has 0 spiro atoms. The normalized spacial score (nSPS) is 11.1. The lowest BCUT2D eigenvalue weighted by molar-refractivity contribution is 0.0941. The number of ether oxygens (including phenoxy) is 3. The average molecular weight is 441 g/mol. The van der Waals surface area contributed by atoms with E-state index in [4.69, 9.17) is 14.2 Å². The van der Waals surface area contributed by atoms with Gasteiger partial charge in [-0.15, -0.1) is 11.3 Å². The number of rotatable bonds is 9. The van der Waals surface area contributed by atoms with E-state index in [1.807, 2.05) is 42.5 Å². The van der Waals surface area contributed by atoms with Crippen LogP contribution < -0.4 is 19.5 Å². The van der Waals surface area contributed by atoms with Crippen LogP contribution in [0.1, 0.15) is 40.5 Å². The van der Waals surface area contributed by atoms with Crippen molar-refractivity contribution < 1.29 is 19.0 Å². The van der Waals surface area contributed by atoms with E-state index in [2.05, 4.69) is 24.1 Å². The highest BCUT2D eigenvalue weighted by molar-refractivity contribution is 7.09. The van der Waals surface area contributed by atoms with Crippen molar-refractivity contribution in [3.05, 3.63) is 69.7 Å². The van der Waals surface area contributed by atoms with Crippen molar-refractivity contribution in [3.8, 4) is 17.2 Å². The van der Waals surface area contributed by atoms with Crippen molar-refractivity contribution in [3.63, 3.8) is 0 Å². The summed E-state index contributed by atoms with van der Waals surface area (Å²) in [6.07, 6.45) is 0.680. The molecule has 1 N–H and O–H groups in total. The number of benzene rings is 2. The lowest BCUT2D eigenvalue weighted by Crippen LogP contribution is -2.36. The van der Waals surface area contributed by atoms with Crippen LogP contribution in [0.2, 0.25) is 0 Å². The summed E-state index contributed by atoms with van der Waals surface area (Å²) >= 11 is 1.49. The molecular formula is C24H28N2O4S. The quantitative estimate of drug-likeness (QED) is 0.532. The van der Waals surface area contributed by atoms with Gasteiger partial charge in [-0.05, 0) is 35.4 Å². The Labute approximate surface area is 187 Å². The SMILES string of the molecule is COc1ccc(Cc2nc(C(=O)NCC(C)(C)c3ccc(OC)c(OC)c3)cs2)cc1. The van der Waals surface area contributed by atoms with Gasteiger partial charge in [-0.1, -0.05) is 32.0 Å². The monoisotopic (exact) mass is 440 g/mol. The van der Waals surface area contributed by atoms with E-state index in [-0.39, 0.29) is 11.3 Å². The Morgan fingerprint density at radius 1 is 1.00 bits per heavy atom. The molecule has 7 heteroatoms. The minimum absolute atomic E-state index is 0.175. The number of hydrogen-bond donors (Lipinski definition) is 1. The highest BCUT2D eigenvalue weighted by atomic mass is 32.1. The zero-order valence-electron chi connectivity index (χ0n) is 18.5. The summed E-state index contributed by atoms with van der Waals surface area (Å²) < 4.78 is 15.9. The highest BCUT2D eigenvalue weighted by Crippen LogP contribution is 2.33.